The van der Waals surface area contributed by atoms with Gasteiger partial charge < -0.3 is 10.2 Å². The Morgan fingerprint density at radius 1 is 1.24 bits per heavy atom. The summed E-state index contributed by atoms with van der Waals surface area (Å²) in [5, 5.41) is 3.20. The molecule has 1 aromatic carbocycles. The molecule has 0 bridgehead atoms. The van der Waals surface area contributed by atoms with Crippen LogP contribution >= 0.6 is 0 Å². The van der Waals surface area contributed by atoms with Crippen LogP contribution in [0.3, 0.4) is 0 Å². The molecule has 1 aliphatic rings. The fourth-order valence-electron chi connectivity index (χ4n) is 3.26. The lowest BCUT2D eigenvalue weighted by Crippen LogP contribution is -2.40. The third-order valence-electron chi connectivity index (χ3n) is 4.94. The quantitative estimate of drug-likeness (QED) is 0.552. The highest BCUT2D eigenvalue weighted by molar-refractivity contribution is 7.88. The van der Waals surface area contributed by atoms with Gasteiger partial charge in [0.2, 0.25) is 10.0 Å². The van der Waals surface area contributed by atoms with Crippen molar-refractivity contribution in [3.8, 4) is 0 Å². The molecular weight excluding hydrogens is 405 g/mol. The molecule has 1 saturated heterocycles. The number of guanidine groups is 1. The average molecular weight is 435 g/mol. The summed E-state index contributed by atoms with van der Waals surface area (Å²) in [6.45, 7) is 4.65. The summed E-state index contributed by atoms with van der Waals surface area (Å²) in [4.78, 5) is 6.53. The monoisotopic (exact) mass is 434 g/mol. The standard InChI is InChI=1S/C19H29F3N4O2S/c1-4-23-18(24-13-15-9-11-26(12-10-15)29(3,27)28)25(2)14-16-5-7-17(8-6-16)19(20,21)22/h5-8,15H,4,9-14H2,1-3H3,(H,23,24). The van der Waals surface area contributed by atoms with Gasteiger partial charge in [0.05, 0.1) is 11.8 Å². The van der Waals surface area contributed by atoms with Crippen molar-refractivity contribution in [3.63, 3.8) is 0 Å². The van der Waals surface area contributed by atoms with E-state index in [2.05, 4.69) is 10.3 Å². The lowest BCUT2D eigenvalue weighted by Gasteiger charge is -2.30. The summed E-state index contributed by atoms with van der Waals surface area (Å²) < 4.78 is 62.8. The molecule has 0 aliphatic carbocycles. The predicted octanol–water partition coefficient (Wildman–Crippen LogP) is 2.77. The van der Waals surface area contributed by atoms with Crippen LogP contribution in [0.4, 0.5) is 13.2 Å². The zero-order valence-corrected chi connectivity index (χ0v) is 17.9. The Balaban J connectivity index is 1.96. The molecule has 1 aromatic rings. The van der Waals surface area contributed by atoms with E-state index in [0.717, 1.165) is 30.5 Å². The molecule has 2 rings (SSSR count). The molecule has 1 fully saturated rings. The average Bonchev–Trinajstić information content (AvgIpc) is 2.64. The fourth-order valence-corrected chi connectivity index (χ4v) is 4.13. The van der Waals surface area contributed by atoms with Crippen LogP contribution in [0.2, 0.25) is 0 Å². The zero-order chi connectivity index (χ0) is 21.7. The van der Waals surface area contributed by atoms with Gasteiger partial charge >= 0.3 is 6.18 Å². The van der Waals surface area contributed by atoms with Crippen molar-refractivity contribution in [2.45, 2.75) is 32.5 Å². The topological polar surface area (TPSA) is 65.0 Å². The highest BCUT2D eigenvalue weighted by Crippen LogP contribution is 2.29. The van der Waals surface area contributed by atoms with E-state index >= 15 is 0 Å². The molecule has 29 heavy (non-hydrogen) atoms. The second-order valence-corrected chi connectivity index (χ2v) is 9.33. The zero-order valence-electron chi connectivity index (χ0n) is 17.0. The summed E-state index contributed by atoms with van der Waals surface area (Å²) in [5.41, 5.74) is 0.0949. The van der Waals surface area contributed by atoms with E-state index in [1.807, 2.05) is 18.9 Å². The van der Waals surface area contributed by atoms with Crippen LogP contribution in [0.25, 0.3) is 0 Å². The predicted molar refractivity (Wildman–Crippen MR) is 108 cm³/mol. The minimum Gasteiger partial charge on any atom is -0.357 e. The van der Waals surface area contributed by atoms with Crippen LogP contribution < -0.4 is 5.32 Å². The Kier molecular flexibility index (Phi) is 7.93. The minimum atomic E-state index is -4.34. The summed E-state index contributed by atoms with van der Waals surface area (Å²) >= 11 is 0. The normalized spacial score (nSPS) is 17.4. The van der Waals surface area contributed by atoms with E-state index in [-0.39, 0.29) is 0 Å². The molecule has 1 aliphatic heterocycles. The van der Waals surface area contributed by atoms with Gasteiger partial charge in [-0.05, 0) is 43.4 Å². The van der Waals surface area contributed by atoms with Crippen LogP contribution in [0.5, 0.6) is 0 Å². The van der Waals surface area contributed by atoms with Crippen LogP contribution in [-0.2, 0) is 22.7 Å². The van der Waals surface area contributed by atoms with Crippen molar-refractivity contribution in [2.24, 2.45) is 10.9 Å². The molecule has 1 N–H and O–H groups in total. The molecule has 0 radical (unpaired) electrons. The summed E-state index contributed by atoms with van der Waals surface area (Å²) in [6, 6.07) is 5.12. The van der Waals surface area contributed by atoms with Crippen molar-refractivity contribution < 1.29 is 21.6 Å². The van der Waals surface area contributed by atoms with Gasteiger partial charge in [-0.15, -0.1) is 0 Å². The molecule has 0 spiro atoms. The van der Waals surface area contributed by atoms with Gasteiger partial charge in [-0.2, -0.15) is 13.2 Å². The van der Waals surface area contributed by atoms with Crippen LogP contribution in [-0.4, -0.2) is 63.1 Å². The van der Waals surface area contributed by atoms with Crippen molar-refractivity contribution in [3.05, 3.63) is 35.4 Å². The molecule has 164 valence electrons. The first kappa shape index (κ1) is 23.5. The number of piperidine rings is 1. The number of benzene rings is 1. The highest BCUT2D eigenvalue weighted by atomic mass is 32.2. The summed E-state index contributed by atoms with van der Waals surface area (Å²) in [5.74, 6) is 0.985. The van der Waals surface area contributed by atoms with Gasteiger partial charge in [0, 0.05) is 39.8 Å². The third-order valence-corrected chi connectivity index (χ3v) is 6.24. The number of alkyl halides is 3. The van der Waals surface area contributed by atoms with Gasteiger partial charge in [0.15, 0.2) is 5.96 Å². The van der Waals surface area contributed by atoms with E-state index in [1.165, 1.54) is 22.7 Å². The Hall–Kier alpha value is -1.81. The van der Waals surface area contributed by atoms with Crippen molar-refractivity contribution in [2.75, 3.05) is 39.5 Å². The van der Waals surface area contributed by atoms with E-state index in [4.69, 9.17) is 0 Å². The second kappa shape index (κ2) is 9.80. The van der Waals surface area contributed by atoms with E-state index in [9.17, 15) is 21.6 Å². The highest BCUT2D eigenvalue weighted by Gasteiger charge is 2.30. The van der Waals surface area contributed by atoms with Crippen molar-refractivity contribution in [1.29, 1.82) is 0 Å². The number of aliphatic imine (C=N–C) groups is 1. The molecule has 6 nitrogen and oxygen atoms in total. The Labute approximate surface area is 170 Å². The van der Waals surface area contributed by atoms with E-state index in [1.54, 1.807) is 0 Å². The van der Waals surface area contributed by atoms with Gasteiger partial charge in [-0.1, -0.05) is 12.1 Å². The number of nitrogens with zero attached hydrogens (tertiary/aromatic N) is 3. The van der Waals surface area contributed by atoms with Crippen LogP contribution in [0.1, 0.15) is 30.9 Å². The lowest BCUT2D eigenvalue weighted by molar-refractivity contribution is -0.137. The van der Waals surface area contributed by atoms with Gasteiger partial charge in [-0.3, -0.25) is 4.99 Å². The first-order valence-corrected chi connectivity index (χ1v) is 11.5. The minimum absolute atomic E-state index is 0.307. The third kappa shape index (κ3) is 7.18. The smallest absolute Gasteiger partial charge is 0.357 e. The molecule has 0 saturated carbocycles. The molecule has 0 amide bonds. The molecular formula is C19H29F3N4O2S. The van der Waals surface area contributed by atoms with Crippen LogP contribution in [0, 0.1) is 5.92 Å². The first-order valence-electron chi connectivity index (χ1n) is 9.61. The van der Waals surface area contributed by atoms with Gasteiger partial charge in [0.25, 0.3) is 0 Å². The maximum atomic E-state index is 12.7. The van der Waals surface area contributed by atoms with E-state index < -0.39 is 21.8 Å². The SMILES string of the molecule is CCNC(=NCC1CCN(S(C)(=O)=O)CC1)N(C)Cc1ccc(C(F)(F)F)cc1. The molecule has 0 unspecified atom stereocenters. The van der Waals surface area contributed by atoms with Crippen molar-refractivity contribution >= 4 is 16.0 Å². The van der Waals surface area contributed by atoms with Gasteiger partial charge in [-0.25, -0.2) is 12.7 Å². The second-order valence-electron chi connectivity index (χ2n) is 7.35. The number of halogens is 3. The Bertz CT molecular complexity index is 787. The number of rotatable bonds is 6. The Morgan fingerprint density at radius 2 is 1.83 bits per heavy atom. The molecule has 1 heterocycles. The number of sulfonamides is 1. The molecule has 0 aromatic heterocycles. The number of hydrogen-bond acceptors (Lipinski definition) is 3. The van der Waals surface area contributed by atoms with Gasteiger partial charge in [0.1, 0.15) is 0 Å². The van der Waals surface area contributed by atoms with Crippen LogP contribution in [0.15, 0.2) is 29.3 Å². The van der Waals surface area contributed by atoms with E-state index in [0.29, 0.717) is 44.6 Å². The maximum absolute atomic E-state index is 12.7. The number of hydrogen-bond donors (Lipinski definition) is 1. The Morgan fingerprint density at radius 3 is 2.31 bits per heavy atom. The first-order chi connectivity index (χ1) is 13.5. The summed E-state index contributed by atoms with van der Waals surface area (Å²) in [7, 11) is -1.30. The largest absolute Gasteiger partial charge is 0.416 e. The maximum Gasteiger partial charge on any atom is 0.416 e. The molecule has 0 atom stereocenters. The van der Waals surface area contributed by atoms with Crippen molar-refractivity contribution in [1.82, 2.24) is 14.5 Å². The number of nitrogens with one attached hydrogen (secondary N) is 1. The lowest BCUT2D eigenvalue weighted by atomic mass is 9.98. The summed E-state index contributed by atoms with van der Waals surface area (Å²) in [6.07, 6.45) is -1.59. The molecule has 10 heteroatoms. The fraction of sp³-hybridized carbons (Fsp3) is 0.632.